The molecule has 0 radical (unpaired) electrons. The molecule has 0 amide bonds. The second-order valence-electron chi connectivity index (χ2n) is 2.26. The van der Waals surface area contributed by atoms with Gasteiger partial charge < -0.3 is 5.32 Å². The van der Waals surface area contributed by atoms with Crippen molar-refractivity contribution in [2.75, 3.05) is 7.05 Å². The molecule has 1 heterocycles. The van der Waals surface area contributed by atoms with Gasteiger partial charge in [0.1, 0.15) is 5.69 Å². The summed E-state index contributed by atoms with van der Waals surface area (Å²) in [6.45, 7) is 3.77. The first-order valence-electron chi connectivity index (χ1n) is 3.52. The van der Waals surface area contributed by atoms with E-state index in [4.69, 9.17) is 0 Å². The molecule has 0 aliphatic rings. The van der Waals surface area contributed by atoms with Gasteiger partial charge in [-0.3, -0.25) is 9.97 Å². The van der Waals surface area contributed by atoms with Gasteiger partial charge in [-0.15, -0.1) is 0 Å². The van der Waals surface area contributed by atoms with Crippen LogP contribution in [-0.2, 0) is 5.33 Å². The molecule has 0 fully saturated rings. The molecule has 0 saturated heterocycles. The highest BCUT2D eigenvalue weighted by molar-refractivity contribution is 9.08. The summed E-state index contributed by atoms with van der Waals surface area (Å²) < 4.78 is 0. The van der Waals surface area contributed by atoms with Gasteiger partial charge in [0, 0.05) is 12.4 Å². The summed E-state index contributed by atoms with van der Waals surface area (Å²) in [6.07, 6.45) is 3.43. The van der Waals surface area contributed by atoms with Gasteiger partial charge in [-0.05, 0) is 0 Å². The minimum Gasteiger partial charge on any atom is -0.387 e. The Morgan fingerprint density at radius 2 is 2.33 bits per heavy atom. The summed E-state index contributed by atoms with van der Waals surface area (Å²) in [5.41, 5.74) is 2.48. The largest absolute Gasteiger partial charge is 0.387 e. The smallest absolute Gasteiger partial charge is 0.104 e. The second-order valence-corrected chi connectivity index (χ2v) is 2.82. The van der Waals surface area contributed by atoms with Crippen LogP contribution in [0.3, 0.4) is 0 Å². The fourth-order valence-electron chi connectivity index (χ4n) is 0.708. The molecule has 0 aliphatic carbocycles. The van der Waals surface area contributed by atoms with E-state index in [2.05, 4.69) is 37.8 Å². The molecule has 1 aromatic rings. The minimum atomic E-state index is 0.728. The lowest BCUT2D eigenvalue weighted by atomic mass is 10.3. The molecule has 0 aromatic carbocycles. The van der Waals surface area contributed by atoms with E-state index >= 15 is 0 Å². The van der Waals surface area contributed by atoms with Crippen molar-refractivity contribution < 1.29 is 0 Å². The normalized spacial score (nSPS) is 9.50. The summed E-state index contributed by atoms with van der Waals surface area (Å²) >= 11 is 3.30. The van der Waals surface area contributed by atoms with E-state index in [1.807, 2.05) is 7.05 Å². The average Bonchev–Trinajstić information content (AvgIpc) is 2.17. The molecule has 1 rings (SSSR count). The number of aromatic nitrogens is 2. The lowest BCUT2D eigenvalue weighted by Crippen LogP contribution is -2.05. The van der Waals surface area contributed by atoms with Crippen LogP contribution in [0.15, 0.2) is 19.0 Å². The topological polar surface area (TPSA) is 37.8 Å². The Labute approximate surface area is 80.1 Å². The number of nitrogens with zero attached hydrogens (tertiary/aromatic N) is 2. The molecule has 64 valence electrons. The fourth-order valence-corrected chi connectivity index (χ4v) is 0.997. The maximum absolute atomic E-state index is 4.17. The molecule has 12 heavy (non-hydrogen) atoms. The van der Waals surface area contributed by atoms with Gasteiger partial charge in [0.2, 0.25) is 0 Å². The number of halogens is 1. The first-order chi connectivity index (χ1) is 5.77. The summed E-state index contributed by atoms with van der Waals surface area (Å²) in [6, 6.07) is 0. The quantitative estimate of drug-likeness (QED) is 0.798. The van der Waals surface area contributed by atoms with Crippen LogP contribution in [0, 0.1) is 0 Å². The number of nitrogens with one attached hydrogen (secondary N) is 1. The van der Waals surface area contributed by atoms with Crippen molar-refractivity contribution in [2.24, 2.45) is 0 Å². The fraction of sp³-hybridized carbons (Fsp3) is 0.250. The predicted molar refractivity (Wildman–Crippen MR) is 52.8 cm³/mol. The minimum absolute atomic E-state index is 0.728. The van der Waals surface area contributed by atoms with Gasteiger partial charge in [0.05, 0.1) is 23.8 Å². The molecule has 4 heteroatoms. The standard InChI is InChI=1S/C8H10BrN3/c1-6(10-2)8-5-11-7(3-9)4-12-8/h4-5,10H,1,3H2,2H3. The second kappa shape index (κ2) is 4.21. The van der Waals surface area contributed by atoms with E-state index in [0.717, 1.165) is 22.4 Å². The van der Waals surface area contributed by atoms with Crippen LogP contribution >= 0.6 is 15.9 Å². The zero-order valence-electron chi connectivity index (χ0n) is 6.84. The van der Waals surface area contributed by atoms with Crippen LogP contribution in [0.25, 0.3) is 5.70 Å². The van der Waals surface area contributed by atoms with E-state index in [1.54, 1.807) is 12.4 Å². The van der Waals surface area contributed by atoms with Crippen molar-refractivity contribution >= 4 is 21.6 Å². The predicted octanol–water partition coefficient (Wildman–Crippen LogP) is 1.56. The molecule has 1 N–H and O–H groups in total. The number of rotatable bonds is 3. The molecule has 0 saturated carbocycles. The lowest BCUT2D eigenvalue weighted by molar-refractivity contribution is 1.04. The third-order valence-corrected chi connectivity index (χ3v) is 2.03. The van der Waals surface area contributed by atoms with Crippen LogP contribution in [0.1, 0.15) is 11.4 Å². The van der Waals surface area contributed by atoms with Crippen molar-refractivity contribution in [1.29, 1.82) is 0 Å². The molecular weight excluding hydrogens is 218 g/mol. The zero-order valence-corrected chi connectivity index (χ0v) is 8.43. The number of hydrogen-bond donors (Lipinski definition) is 1. The van der Waals surface area contributed by atoms with Crippen LogP contribution in [0.4, 0.5) is 0 Å². The van der Waals surface area contributed by atoms with Crippen molar-refractivity contribution in [1.82, 2.24) is 15.3 Å². The Kier molecular flexibility index (Phi) is 3.22. The SMILES string of the molecule is C=C(NC)c1cnc(CBr)cn1. The van der Waals surface area contributed by atoms with Gasteiger partial charge in [-0.2, -0.15) is 0 Å². The van der Waals surface area contributed by atoms with Gasteiger partial charge in [0.25, 0.3) is 0 Å². The summed E-state index contributed by atoms with van der Waals surface area (Å²) in [4.78, 5) is 8.32. The Balaban J connectivity index is 2.84. The monoisotopic (exact) mass is 227 g/mol. The summed E-state index contributed by atoms with van der Waals surface area (Å²) in [7, 11) is 1.81. The molecule has 0 atom stereocenters. The van der Waals surface area contributed by atoms with Crippen LogP contribution in [0.5, 0.6) is 0 Å². The zero-order chi connectivity index (χ0) is 8.97. The average molecular weight is 228 g/mol. The summed E-state index contributed by atoms with van der Waals surface area (Å²) in [5, 5.41) is 3.64. The van der Waals surface area contributed by atoms with Crippen molar-refractivity contribution in [2.45, 2.75) is 5.33 Å². The highest BCUT2D eigenvalue weighted by Crippen LogP contribution is 2.05. The molecule has 0 bridgehead atoms. The number of hydrogen-bond acceptors (Lipinski definition) is 3. The Morgan fingerprint density at radius 3 is 2.75 bits per heavy atom. The third-order valence-electron chi connectivity index (χ3n) is 1.45. The molecular formula is C8H10BrN3. The summed E-state index contributed by atoms with van der Waals surface area (Å²) in [5.74, 6) is 0. The highest BCUT2D eigenvalue weighted by atomic mass is 79.9. The van der Waals surface area contributed by atoms with Crippen molar-refractivity contribution in [3.8, 4) is 0 Å². The van der Waals surface area contributed by atoms with E-state index in [1.165, 1.54) is 0 Å². The molecule has 3 nitrogen and oxygen atoms in total. The third kappa shape index (κ3) is 2.04. The van der Waals surface area contributed by atoms with E-state index < -0.39 is 0 Å². The molecule has 0 unspecified atom stereocenters. The van der Waals surface area contributed by atoms with Crippen LogP contribution < -0.4 is 5.32 Å². The number of alkyl halides is 1. The van der Waals surface area contributed by atoms with E-state index in [9.17, 15) is 0 Å². The van der Waals surface area contributed by atoms with Crippen LogP contribution in [0.2, 0.25) is 0 Å². The molecule has 0 aliphatic heterocycles. The maximum Gasteiger partial charge on any atom is 0.104 e. The first-order valence-corrected chi connectivity index (χ1v) is 4.64. The van der Waals surface area contributed by atoms with E-state index in [-0.39, 0.29) is 0 Å². The van der Waals surface area contributed by atoms with Gasteiger partial charge in [-0.25, -0.2) is 0 Å². The van der Waals surface area contributed by atoms with Gasteiger partial charge in [0.15, 0.2) is 0 Å². The first kappa shape index (κ1) is 9.19. The molecule has 0 spiro atoms. The molecule has 1 aromatic heterocycles. The van der Waals surface area contributed by atoms with Gasteiger partial charge in [-0.1, -0.05) is 22.5 Å². The highest BCUT2D eigenvalue weighted by Gasteiger charge is 1.98. The van der Waals surface area contributed by atoms with Crippen molar-refractivity contribution in [3.05, 3.63) is 30.4 Å². The van der Waals surface area contributed by atoms with Crippen molar-refractivity contribution in [3.63, 3.8) is 0 Å². The van der Waals surface area contributed by atoms with Gasteiger partial charge >= 0.3 is 0 Å². The van der Waals surface area contributed by atoms with E-state index in [0.29, 0.717) is 0 Å². The lowest BCUT2D eigenvalue weighted by Gasteiger charge is -2.02. The Bertz CT molecular complexity index is 268. The Morgan fingerprint density at radius 1 is 1.58 bits per heavy atom. The maximum atomic E-state index is 4.17. The Hall–Kier alpha value is -0.900. The van der Waals surface area contributed by atoms with Crippen LogP contribution in [-0.4, -0.2) is 17.0 Å².